The highest BCUT2D eigenvalue weighted by atomic mass is 35.5. The molecule has 2 aromatic carbocycles. The highest BCUT2D eigenvalue weighted by Gasteiger charge is 2.36. The van der Waals surface area contributed by atoms with Gasteiger partial charge in [-0.25, -0.2) is 0 Å². The number of imide groups is 1. The number of nitrogens with zero attached hydrogens (tertiary/aromatic N) is 4. The molecule has 0 aliphatic carbocycles. The van der Waals surface area contributed by atoms with Crippen molar-refractivity contribution in [1.82, 2.24) is 19.6 Å². The molecule has 3 aromatic rings. The van der Waals surface area contributed by atoms with Crippen LogP contribution in [0.1, 0.15) is 36.5 Å². The Morgan fingerprint density at radius 3 is 2.59 bits per heavy atom. The van der Waals surface area contributed by atoms with Crippen LogP contribution in [-0.2, 0) is 17.5 Å². The molecule has 2 amide bonds. The van der Waals surface area contributed by atoms with Gasteiger partial charge in [-0.15, -0.1) is 5.10 Å². The lowest BCUT2D eigenvalue weighted by atomic mass is 10.1. The first-order valence-electron chi connectivity index (χ1n) is 12.6. The first-order valence-corrected chi connectivity index (χ1v) is 13.8. The second kappa shape index (κ2) is 11.2. The molecule has 1 aromatic heterocycles. The Morgan fingerprint density at radius 2 is 1.87 bits per heavy atom. The van der Waals surface area contributed by atoms with E-state index >= 15 is 0 Å². The van der Waals surface area contributed by atoms with Gasteiger partial charge in [0.2, 0.25) is 5.88 Å². The van der Waals surface area contributed by atoms with Crippen molar-refractivity contribution in [3.05, 3.63) is 63.0 Å². The van der Waals surface area contributed by atoms with E-state index in [2.05, 4.69) is 10.00 Å². The number of benzene rings is 2. The summed E-state index contributed by atoms with van der Waals surface area (Å²) < 4.78 is 48.1. The SMILES string of the molecule is CCOc1nn(Cc2ccc(Cl)cc2C(F)(F)F)c2ccc(/C=C3\SC(=O)N(CCN4CCCC4)C3=O)cc12. The number of fused-ring (bicyclic) bond motifs is 1. The van der Waals surface area contributed by atoms with E-state index < -0.39 is 11.7 Å². The van der Waals surface area contributed by atoms with Gasteiger partial charge in [0.05, 0.1) is 34.5 Å². The van der Waals surface area contributed by atoms with Crippen molar-refractivity contribution in [3.8, 4) is 5.88 Å². The van der Waals surface area contributed by atoms with Crippen molar-refractivity contribution in [2.45, 2.75) is 32.5 Å². The lowest BCUT2D eigenvalue weighted by Crippen LogP contribution is -2.36. The molecular weight excluding hydrogens is 553 g/mol. The predicted octanol–water partition coefficient (Wildman–Crippen LogP) is 6.29. The van der Waals surface area contributed by atoms with Gasteiger partial charge in [-0.2, -0.15) is 13.2 Å². The number of hydrogen-bond acceptors (Lipinski definition) is 6. The average molecular weight is 579 g/mol. The van der Waals surface area contributed by atoms with E-state index in [4.69, 9.17) is 16.3 Å². The summed E-state index contributed by atoms with van der Waals surface area (Å²) in [5, 5.41) is 4.72. The van der Waals surface area contributed by atoms with Gasteiger partial charge in [0, 0.05) is 18.1 Å². The number of amides is 2. The lowest BCUT2D eigenvalue weighted by Gasteiger charge is -2.18. The average Bonchev–Trinajstić information content (AvgIpc) is 3.58. The van der Waals surface area contributed by atoms with Gasteiger partial charge >= 0.3 is 6.18 Å². The predicted molar refractivity (Wildman–Crippen MR) is 145 cm³/mol. The maximum atomic E-state index is 13.7. The van der Waals surface area contributed by atoms with Crippen LogP contribution in [0.2, 0.25) is 5.02 Å². The van der Waals surface area contributed by atoms with Crippen LogP contribution in [0.4, 0.5) is 18.0 Å². The lowest BCUT2D eigenvalue weighted by molar-refractivity contribution is -0.138. The van der Waals surface area contributed by atoms with Crippen LogP contribution in [0.15, 0.2) is 41.3 Å². The third kappa shape index (κ3) is 5.95. The minimum Gasteiger partial charge on any atom is -0.476 e. The number of halogens is 4. The summed E-state index contributed by atoms with van der Waals surface area (Å²) in [6.45, 7) is 4.93. The first kappa shape index (κ1) is 27.5. The van der Waals surface area contributed by atoms with Crippen LogP contribution in [0, 0.1) is 0 Å². The van der Waals surface area contributed by atoms with E-state index in [0.717, 1.165) is 43.8 Å². The third-order valence-electron chi connectivity index (χ3n) is 6.73. The summed E-state index contributed by atoms with van der Waals surface area (Å²) in [5.74, 6) is -0.0589. The van der Waals surface area contributed by atoms with Gasteiger partial charge in [0.15, 0.2) is 0 Å². The summed E-state index contributed by atoms with van der Waals surface area (Å²) >= 11 is 6.73. The van der Waals surface area contributed by atoms with Crippen molar-refractivity contribution in [2.24, 2.45) is 0 Å². The number of carbonyl (C=O) groups excluding carboxylic acids is 2. The minimum absolute atomic E-state index is 0.00324. The monoisotopic (exact) mass is 578 g/mol. The molecule has 7 nitrogen and oxygen atoms in total. The number of carbonyl (C=O) groups is 2. The Bertz CT molecular complexity index is 1450. The van der Waals surface area contributed by atoms with E-state index in [-0.39, 0.29) is 34.2 Å². The van der Waals surface area contributed by atoms with Crippen molar-refractivity contribution in [1.29, 1.82) is 0 Å². The molecule has 0 N–H and O–H groups in total. The van der Waals surface area contributed by atoms with Crippen LogP contribution in [0.25, 0.3) is 17.0 Å². The van der Waals surface area contributed by atoms with Crippen molar-refractivity contribution < 1.29 is 27.5 Å². The van der Waals surface area contributed by atoms with Gasteiger partial charge in [0.25, 0.3) is 11.1 Å². The molecule has 0 saturated carbocycles. The Kier molecular flexibility index (Phi) is 7.93. The fraction of sp³-hybridized carbons (Fsp3) is 0.370. The van der Waals surface area contributed by atoms with Crippen LogP contribution in [0.3, 0.4) is 0 Å². The molecule has 12 heteroatoms. The molecule has 2 fully saturated rings. The van der Waals surface area contributed by atoms with E-state index in [1.165, 1.54) is 21.7 Å². The molecule has 0 bridgehead atoms. The fourth-order valence-corrected chi connectivity index (χ4v) is 5.86. The smallest absolute Gasteiger partial charge is 0.416 e. The second-order valence-corrected chi connectivity index (χ2v) is 10.8. The Labute approximate surface area is 232 Å². The number of likely N-dealkylation sites (tertiary alicyclic amines) is 1. The van der Waals surface area contributed by atoms with Gasteiger partial charge in [0.1, 0.15) is 0 Å². The molecule has 2 aliphatic heterocycles. The molecule has 2 saturated heterocycles. The quantitative estimate of drug-likeness (QED) is 0.293. The zero-order valence-electron chi connectivity index (χ0n) is 21.1. The van der Waals surface area contributed by atoms with Crippen molar-refractivity contribution >= 4 is 51.5 Å². The van der Waals surface area contributed by atoms with Crippen LogP contribution >= 0.6 is 23.4 Å². The number of hydrogen-bond donors (Lipinski definition) is 0. The summed E-state index contributed by atoms with van der Waals surface area (Å²) in [6.07, 6.45) is -0.660. The summed E-state index contributed by atoms with van der Waals surface area (Å²) in [5.41, 5.74) is 0.410. The molecule has 206 valence electrons. The molecule has 0 atom stereocenters. The van der Waals surface area contributed by atoms with E-state index in [1.807, 2.05) is 0 Å². The van der Waals surface area contributed by atoms with Gasteiger partial charge < -0.3 is 9.64 Å². The van der Waals surface area contributed by atoms with Gasteiger partial charge in [-0.05, 0) is 86.1 Å². The number of ether oxygens (including phenoxy) is 1. The Hall–Kier alpha value is -3.02. The molecule has 0 spiro atoms. The zero-order valence-corrected chi connectivity index (χ0v) is 22.7. The normalized spacial score (nSPS) is 17.8. The molecule has 5 rings (SSSR count). The first-order chi connectivity index (χ1) is 18.6. The van der Waals surface area contributed by atoms with Crippen molar-refractivity contribution in [2.75, 3.05) is 32.8 Å². The number of thioether (sulfide) groups is 1. The molecule has 0 radical (unpaired) electrons. The van der Waals surface area contributed by atoms with Crippen molar-refractivity contribution in [3.63, 3.8) is 0 Å². The summed E-state index contributed by atoms with van der Waals surface area (Å²) in [7, 11) is 0. The fourth-order valence-electron chi connectivity index (χ4n) is 4.82. The molecule has 2 aliphatic rings. The Balaban J connectivity index is 1.42. The summed E-state index contributed by atoms with van der Waals surface area (Å²) in [4.78, 5) is 29.3. The topological polar surface area (TPSA) is 67.7 Å². The van der Waals surface area contributed by atoms with E-state index in [1.54, 1.807) is 31.2 Å². The van der Waals surface area contributed by atoms with Crippen LogP contribution in [-0.4, -0.2) is 63.5 Å². The second-order valence-electron chi connectivity index (χ2n) is 9.35. The van der Waals surface area contributed by atoms with Crippen LogP contribution in [0.5, 0.6) is 5.88 Å². The maximum Gasteiger partial charge on any atom is 0.416 e. The zero-order chi connectivity index (χ0) is 27.7. The van der Waals surface area contributed by atoms with Crippen LogP contribution < -0.4 is 4.74 Å². The van der Waals surface area contributed by atoms with E-state index in [9.17, 15) is 22.8 Å². The minimum atomic E-state index is -4.57. The third-order valence-corrected chi connectivity index (χ3v) is 7.87. The van der Waals surface area contributed by atoms with Gasteiger partial charge in [-0.3, -0.25) is 19.2 Å². The highest BCUT2D eigenvalue weighted by Crippen LogP contribution is 2.36. The number of alkyl halides is 3. The van der Waals surface area contributed by atoms with E-state index in [0.29, 0.717) is 41.1 Å². The molecular formula is C27H26ClF3N4O3S. The molecule has 0 unspecified atom stereocenters. The summed E-state index contributed by atoms with van der Waals surface area (Å²) in [6, 6.07) is 8.88. The number of aromatic nitrogens is 2. The standard InChI is InChI=1S/C27H26ClF3N4O3S/c1-2-38-24-20-13-17(14-23-25(36)34(26(37)39-23)12-11-33-9-3-4-10-33)5-8-22(20)35(32-24)16-18-6-7-19(28)15-21(18)27(29,30)31/h5-8,13-15H,2-4,9-12,16H2,1H3/b23-14-. The molecule has 3 heterocycles. The number of rotatable bonds is 8. The maximum absolute atomic E-state index is 13.7. The largest absolute Gasteiger partial charge is 0.476 e. The Morgan fingerprint density at radius 1 is 1.10 bits per heavy atom. The molecule has 39 heavy (non-hydrogen) atoms. The highest BCUT2D eigenvalue weighted by molar-refractivity contribution is 8.18. The van der Waals surface area contributed by atoms with Gasteiger partial charge in [-0.1, -0.05) is 23.7 Å².